The maximum Gasteiger partial charge on any atom is 1.00 e. The Morgan fingerprint density at radius 2 is 1.36 bits per heavy atom. The molecule has 0 aliphatic heterocycles. The second-order valence-electron chi connectivity index (χ2n) is 0.666. The average Bonchev–Trinajstić information content (AvgIpc) is 1.19. The number of rotatable bonds is 0. The van der Waals surface area contributed by atoms with Crippen LogP contribution in [0.2, 0.25) is 0 Å². The zero-order valence-electron chi connectivity index (χ0n) is 5.50. The average molecular weight is 184 g/mol. The molecule has 0 fully saturated rings. The van der Waals surface area contributed by atoms with E-state index in [1.165, 1.54) is 0 Å². The minimum absolute atomic E-state index is 0. The van der Waals surface area contributed by atoms with E-state index in [2.05, 4.69) is 0 Å². The van der Waals surface area contributed by atoms with E-state index in [0.717, 1.165) is 0 Å². The van der Waals surface area contributed by atoms with Crippen molar-refractivity contribution in [2.45, 2.75) is 0 Å². The molecule has 0 bridgehead atoms. The van der Waals surface area contributed by atoms with Gasteiger partial charge >= 0.3 is 18.9 Å². The van der Waals surface area contributed by atoms with Crippen molar-refractivity contribution < 1.29 is 46.7 Å². The maximum atomic E-state index is 8.63. The third-order valence-corrected chi connectivity index (χ3v) is 0. The van der Waals surface area contributed by atoms with Crippen molar-refractivity contribution in [3.63, 3.8) is 0 Å². The van der Waals surface area contributed by atoms with Crippen LogP contribution in [0.5, 0.6) is 0 Å². The SMILES string of the molecule is N.O=S(=O)([O-])O.O=[N+]([O-])O.[Li+]. The van der Waals surface area contributed by atoms with Gasteiger partial charge in [0.25, 0.3) is 5.09 Å². The second-order valence-corrected chi connectivity index (χ2v) is 1.52. The quantitative estimate of drug-likeness (QED) is 0.111. The molecule has 0 aliphatic carbocycles. The van der Waals surface area contributed by atoms with Gasteiger partial charge in [0.1, 0.15) is 0 Å². The molecule has 11 heavy (non-hydrogen) atoms. The fraction of sp³-hybridized carbons (Fsp3) is 0. The number of hydrogen-bond donors (Lipinski definition) is 3. The van der Waals surface area contributed by atoms with E-state index in [9.17, 15) is 0 Å². The first kappa shape index (κ1) is 22.4. The molecule has 0 aromatic carbocycles. The van der Waals surface area contributed by atoms with Crippen molar-refractivity contribution in [2.24, 2.45) is 0 Å². The summed E-state index contributed by atoms with van der Waals surface area (Å²) >= 11 is 0. The largest absolute Gasteiger partial charge is 1.00 e. The van der Waals surface area contributed by atoms with Crippen LogP contribution >= 0.6 is 0 Å². The third-order valence-electron chi connectivity index (χ3n) is 0. The summed E-state index contributed by atoms with van der Waals surface area (Å²) in [5, 5.41) is 13.6. The van der Waals surface area contributed by atoms with Gasteiger partial charge in [-0.3, -0.25) is 4.55 Å². The first-order chi connectivity index (χ1) is 3.73. The van der Waals surface area contributed by atoms with Crippen molar-refractivity contribution in [3.8, 4) is 0 Å². The Morgan fingerprint density at radius 3 is 1.36 bits per heavy atom. The molecule has 0 radical (unpaired) electrons. The second kappa shape index (κ2) is 9.63. The summed E-state index contributed by atoms with van der Waals surface area (Å²) in [5.41, 5.74) is 0. The first-order valence-corrected chi connectivity index (χ1v) is 2.61. The van der Waals surface area contributed by atoms with Gasteiger partial charge in [-0.2, -0.15) is 0 Å². The molecule has 0 aliphatic rings. The zero-order chi connectivity index (χ0) is 8.08. The molecule has 0 saturated heterocycles. The van der Waals surface area contributed by atoms with E-state index >= 15 is 0 Å². The number of nitrogens with zero attached hydrogens (tertiary/aromatic N) is 1. The zero-order valence-corrected chi connectivity index (χ0v) is 6.31. The van der Waals surface area contributed by atoms with Gasteiger partial charge in [-0.15, -0.1) is 10.1 Å². The minimum atomic E-state index is -4.92. The fourth-order valence-corrected chi connectivity index (χ4v) is 0. The van der Waals surface area contributed by atoms with Crippen molar-refractivity contribution in [1.29, 1.82) is 0 Å². The van der Waals surface area contributed by atoms with Gasteiger partial charge in [0.2, 0.25) is 10.4 Å². The summed E-state index contributed by atoms with van der Waals surface area (Å²) < 4.78 is 32.8. The van der Waals surface area contributed by atoms with Crippen LogP contribution in [0.1, 0.15) is 0 Å². The van der Waals surface area contributed by atoms with E-state index in [-0.39, 0.29) is 25.0 Å². The van der Waals surface area contributed by atoms with Crippen LogP contribution < -0.4 is 25.0 Å². The van der Waals surface area contributed by atoms with Gasteiger partial charge < -0.3 is 15.9 Å². The van der Waals surface area contributed by atoms with Gasteiger partial charge in [0, 0.05) is 0 Å². The van der Waals surface area contributed by atoms with Crippen molar-refractivity contribution in [3.05, 3.63) is 10.1 Å². The van der Waals surface area contributed by atoms with Crippen molar-refractivity contribution in [1.82, 2.24) is 6.15 Å². The Labute approximate surface area is 73.8 Å². The van der Waals surface area contributed by atoms with Crippen molar-refractivity contribution >= 4 is 10.4 Å². The first-order valence-electron chi connectivity index (χ1n) is 1.25. The molecule has 0 unspecified atom stereocenters. The molecule has 0 aromatic rings. The topological polar surface area (TPSA) is 176 Å². The van der Waals surface area contributed by atoms with Gasteiger partial charge in [-0.05, 0) is 0 Å². The molecule has 0 spiro atoms. The summed E-state index contributed by atoms with van der Waals surface area (Å²) in [6.07, 6.45) is 0. The summed E-state index contributed by atoms with van der Waals surface area (Å²) in [5.74, 6) is 0. The van der Waals surface area contributed by atoms with Crippen LogP contribution in [0.3, 0.4) is 0 Å². The van der Waals surface area contributed by atoms with Gasteiger partial charge in [-0.25, -0.2) is 8.42 Å². The Bertz CT molecular complexity index is 159. The molecule has 11 heteroatoms. The molecule has 9 nitrogen and oxygen atoms in total. The Hall–Kier alpha value is -0.373. The summed E-state index contributed by atoms with van der Waals surface area (Å²) in [6.45, 7) is 0. The molecule has 0 aromatic heterocycles. The van der Waals surface area contributed by atoms with Gasteiger partial charge in [0.05, 0.1) is 0 Å². The Kier molecular flexibility index (Phi) is 19.6. The summed E-state index contributed by atoms with van der Waals surface area (Å²) in [6, 6.07) is 0. The summed E-state index contributed by atoms with van der Waals surface area (Å²) in [7, 11) is -4.92. The standard InChI is InChI=1S/Li.HNO3.H3N.H2O4S/c;2-1(3)4;;1-5(2,3)4/h;(H,2,3,4);1H3;(H2,1,2,3,4)/q+1;;;/p-1. The predicted molar refractivity (Wildman–Crippen MR) is 26.1 cm³/mol. The fourth-order valence-electron chi connectivity index (χ4n) is 0. The van der Waals surface area contributed by atoms with Crippen LogP contribution in [0, 0.1) is 10.1 Å². The van der Waals surface area contributed by atoms with Crippen LogP contribution in [0.4, 0.5) is 0 Å². The van der Waals surface area contributed by atoms with E-state index in [4.69, 9.17) is 32.8 Å². The molecular weight excluding hydrogens is 179 g/mol. The molecule has 5 N–H and O–H groups in total. The molecule has 0 saturated carbocycles. The van der Waals surface area contributed by atoms with Gasteiger partial charge in [-0.1, -0.05) is 0 Å². The van der Waals surface area contributed by atoms with E-state index in [0.29, 0.717) is 0 Å². The van der Waals surface area contributed by atoms with E-state index in [1.807, 2.05) is 0 Å². The van der Waals surface area contributed by atoms with Crippen LogP contribution in [0.15, 0.2) is 0 Å². The molecule has 0 heterocycles. The molecular formula is H5LiN2O7S. The molecule has 0 rings (SSSR count). The van der Waals surface area contributed by atoms with Gasteiger partial charge in [0.15, 0.2) is 0 Å². The molecule has 0 amide bonds. The van der Waals surface area contributed by atoms with Crippen LogP contribution in [-0.2, 0) is 10.4 Å². The van der Waals surface area contributed by atoms with E-state index < -0.39 is 15.5 Å². The minimum Gasteiger partial charge on any atom is -0.726 e. The molecule has 64 valence electrons. The van der Waals surface area contributed by atoms with Crippen LogP contribution in [0.25, 0.3) is 0 Å². The third kappa shape index (κ3) is 4030. The Morgan fingerprint density at radius 1 is 1.36 bits per heavy atom. The monoisotopic (exact) mass is 184 g/mol. The smallest absolute Gasteiger partial charge is 0.726 e. The Balaban J connectivity index is -0.0000000383. The maximum absolute atomic E-state index is 8.63. The summed E-state index contributed by atoms with van der Waals surface area (Å²) in [4.78, 5) is 8.36. The molecule has 0 atom stereocenters. The predicted octanol–water partition coefficient (Wildman–Crippen LogP) is -4.18. The van der Waals surface area contributed by atoms with E-state index in [1.54, 1.807) is 0 Å². The van der Waals surface area contributed by atoms with Crippen LogP contribution in [-0.4, -0.2) is 27.8 Å². The normalized spacial score (nSPS) is 7.45. The number of hydrogen-bond acceptors (Lipinski definition) is 6. The van der Waals surface area contributed by atoms with Crippen molar-refractivity contribution in [2.75, 3.05) is 0 Å².